The Labute approximate surface area is 265 Å². The lowest BCUT2D eigenvalue weighted by molar-refractivity contribution is 0.673. The van der Waals surface area contributed by atoms with Gasteiger partial charge in [0.05, 0.1) is 16.1 Å². The van der Waals surface area contributed by atoms with Crippen molar-refractivity contribution in [1.82, 2.24) is 0 Å². The average molecular weight is 594 g/mol. The van der Waals surface area contributed by atoms with Crippen LogP contribution in [0.15, 0.2) is 168 Å². The fourth-order valence-electron chi connectivity index (χ4n) is 6.59. The first-order chi connectivity index (χ1) is 22.3. The molecule has 2 heterocycles. The van der Waals surface area contributed by atoms with Crippen molar-refractivity contribution in [3.8, 4) is 22.3 Å². The molecule has 0 spiro atoms. The van der Waals surface area contributed by atoms with E-state index in [-0.39, 0.29) is 0 Å². The molecule has 212 valence electrons. The molecule has 2 nitrogen and oxygen atoms in total. The summed E-state index contributed by atoms with van der Waals surface area (Å²) < 4.78 is 9.08. The van der Waals surface area contributed by atoms with Crippen LogP contribution in [0.2, 0.25) is 0 Å². The van der Waals surface area contributed by atoms with Crippen LogP contribution in [0.4, 0.5) is 17.1 Å². The Morgan fingerprint density at radius 2 is 1.11 bits per heavy atom. The molecule has 0 bridgehead atoms. The number of hydrogen-bond donors (Lipinski definition) is 0. The lowest BCUT2D eigenvalue weighted by Crippen LogP contribution is -2.11. The van der Waals surface area contributed by atoms with Crippen molar-refractivity contribution < 1.29 is 4.42 Å². The van der Waals surface area contributed by atoms with Gasteiger partial charge in [-0.3, -0.25) is 0 Å². The number of anilines is 3. The van der Waals surface area contributed by atoms with Crippen molar-refractivity contribution in [3.63, 3.8) is 0 Å². The predicted molar refractivity (Wildman–Crippen MR) is 192 cm³/mol. The molecule has 0 saturated carbocycles. The Bertz CT molecular complexity index is 2480. The van der Waals surface area contributed by atoms with Gasteiger partial charge in [-0.1, -0.05) is 121 Å². The third-order valence-corrected chi connectivity index (χ3v) is 9.85. The molecule has 3 heteroatoms. The summed E-state index contributed by atoms with van der Waals surface area (Å²) in [6.07, 6.45) is 0. The molecule has 45 heavy (non-hydrogen) atoms. The topological polar surface area (TPSA) is 16.4 Å². The van der Waals surface area contributed by atoms with Crippen molar-refractivity contribution in [2.45, 2.75) is 0 Å². The van der Waals surface area contributed by atoms with E-state index in [0.717, 1.165) is 39.0 Å². The molecule has 0 saturated heterocycles. The molecule has 0 aliphatic heterocycles. The fourth-order valence-corrected chi connectivity index (χ4v) is 7.80. The standard InChI is InChI=1S/C42H27NOS/c1-4-14-28(15-5-1)30-24-25-36(34(26-30)29-16-6-2-7-17-29)43(31-18-8-3-9-19-31)37-27-35-32-20-10-12-22-38(32)44-41(35)40-33-21-11-13-23-39(33)45-42(37)40/h1-27H. The van der Waals surface area contributed by atoms with E-state index in [1.54, 1.807) is 0 Å². The normalized spacial score (nSPS) is 11.6. The van der Waals surface area contributed by atoms with E-state index in [2.05, 4.69) is 163 Å². The fraction of sp³-hybridized carbons (Fsp3) is 0. The molecule has 2 aromatic heterocycles. The number of benzene rings is 7. The van der Waals surface area contributed by atoms with Gasteiger partial charge in [0.1, 0.15) is 11.2 Å². The van der Waals surface area contributed by atoms with Crippen molar-refractivity contribution in [1.29, 1.82) is 0 Å². The van der Waals surface area contributed by atoms with Crippen molar-refractivity contribution in [3.05, 3.63) is 164 Å². The molecule has 0 unspecified atom stereocenters. The van der Waals surface area contributed by atoms with E-state index in [1.165, 1.54) is 42.4 Å². The first-order valence-electron chi connectivity index (χ1n) is 15.2. The summed E-state index contributed by atoms with van der Waals surface area (Å²) >= 11 is 1.83. The second-order valence-electron chi connectivity index (χ2n) is 11.3. The number of rotatable bonds is 5. The maximum atomic E-state index is 6.62. The Balaban J connectivity index is 1.41. The Kier molecular flexibility index (Phi) is 6.03. The van der Waals surface area contributed by atoms with Gasteiger partial charge >= 0.3 is 0 Å². The number of furan rings is 1. The van der Waals surface area contributed by atoms with Crippen LogP contribution < -0.4 is 4.90 Å². The van der Waals surface area contributed by atoms with Crippen molar-refractivity contribution in [2.24, 2.45) is 0 Å². The Morgan fingerprint density at radius 3 is 1.89 bits per heavy atom. The summed E-state index contributed by atoms with van der Waals surface area (Å²) in [5.74, 6) is 0. The van der Waals surface area contributed by atoms with Gasteiger partial charge in [0, 0.05) is 37.5 Å². The summed E-state index contributed by atoms with van der Waals surface area (Å²) in [7, 11) is 0. The van der Waals surface area contributed by atoms with Crippen LogP contribution in [0.1, 0.15) is 0 Å². The molecule has 0 N–H and O–H groups in total. The van der Waals surface area contributed by atoms with E-state index in [1.807, 2.05) is 17.4 Å². The minimum Gasteiger partial charge on any atom is -0.455 e. The first kappa shape index (κ1) is 25.8. The van der Waals surface area contributed by atoms with Gasteiger partial charge in [-0.05, 0) is 59.2 Å². The minimum absolute atomic E-state index is 0.907. The van der Waals surface area contributed by atoms with Crippen LogP contribution in [0, 0.1) is 0 Å². The highest BCUT2D eigenvalue weighted by atomic mass is 32.1. The summed E-state index contributed by atoms with van der Waals surface area (Å²) in [4.78, 5) is 2.44. The summed E-state index contributed by atoms with van der Waals surface area (Å²) in [5.41, 5.74) is 9.96. The molecule has 7 aromatic carbocycles. The molecule has 0 aliphatic rings. The van der Waals surface area contributed by atoms with Crippen LogP contribution >= 0.6 is 11.3 Å². The zero-order chi connectivity index (χ0) is 29.7. The van der Waals surface area contributed by atoms with E-state index < -0.39 is 0 Å². The Hall–Kier alpha value is -5.64. The third-order valence-electron chi connectivity index (χ3n) is 8.65. The Morgan fingerprint density at radius 1 is 0.467 bits per heavy atom. The van der Waals surface area contributed by atoms with Crippen LogP contribution in [-0.4, -0.2) is 0 Å². The van der Waals surface area contributed by atoms with Crippen LogP contribution in [0.25, 0.3) is 64.4 Å². The van der Waals surface area contributed by atoms with Crippen LogP contribution in [-0.2, 0) is 0 Å². The molecule has 0 aliphatic carbocycles. The third kappa shape index (κ3) is 4.24. The van der Waals surface area contributed by atoms with E-state index in [9.17, 15) is 0 Å². The van der Waals surface area contributed by atoms with E-state index in [0.29, 0.717) is 0 Å². The molecule has 0 fully saturated rings. The van der Waals surface area contributed by atoms with Gasteiger partial charge in [-0.2, -0.15) is 0 Å². The zero-order valence-corrected chi connectivity index (χ0v) is 25.2. The van der Waals surface area contributed by atoms with Gasteiger partial charge in [-0.15, -0.1) is 11.3 Å². The van der Waals surface area contributed by atoms with Crippen molar-refractivity contribution in [2.75, 3.05) is 4.90 Å². The molecule has 0 atom stereocenters. The van der Waals surface area contributed by atoms with E-state index in [4.69, 9.17) is 4.42 Å². The number of nitrogens with zero attached hydrogens (tertiary/aromatic N) is 1. The highest BCUT2D eigenvalue weighted by molar-refractivity contribution is 7.26. The summed E-state index contributed by atoms with van der Waals surface area (Å²) in [6.45, 7) is 0. The monoisotopic (exact) mass is 593 g/mol. The lowest BCUT2D eigenvalue weighted by atomic mass is 9.96. The predicted octanol–water partition coefficient (Wildman–Crippen LogP) is 12.8. The number of thiophene rings is 1. The molecule has 0 radical (unpaired) electrons. The smallest absolute Gasteiger partial charge is 0.144 e. The minimum atomic E-state index is 0.907. The van der Waals surface area contributed by atoms with Crippen LogP contribution in [0.3, 0.4) is 0 Å². The molecule has 9 aromatic rings. The van der Waals surface area contributed by atoms with Gasteiger partial charge in [-0.25, -0.2) is 0 Å². The molecular formula is C42H27NOS. The van der Waals surface area contributed by atoms with Gasteiger partial charge < -0.3 is 9.32 Å². The molecule has 0 amide bonds. The molecule has 9 rings (SSSR count). The van der Waals surface area contributed by atoms with Crippen LogP contribution in [0.5, 0.6) is 0 Å². The maximum Gasteiger partial charge on any atom is 0.144 e. The number of hydrogen-bond acceptors (Lipinski definition) is 3. The second-order valence-corrected chi connectivity index (χ2v) is 12.4. The zero-order valence-electron chi connectivity index (χ0n) is 24.4. The largest absolute Gasteiger partial charge is 0.455 e. The van der Waals surface area contributed by atoms with Gasteiger partial charge in [0.2, 0.25) is 0 Å². The highest BCUT2D eigenvalue weighted by Crippen LogP contribution is 2.51. The van der Waals surface area contributed by atoms with E-state index >= 15 is 0 Å². The average Bonchev–Trinajstić information content (AvgIpc) is 3.69. The SMILES string of the molecule is c1ccc(-c2ccc(N(c3ccccc3)c3cc4c5ccccc5oc4c4c3sc3ccccc34)c(-c3ccccc3)c2)cc1. The summed E-state index contributed by atoms with van der Waals surface area (Å²) in [6, 6.07) is 58.4. The first-order valence-corrected chi connectivity index (χ1v) is 16.0. The summed E-state index contributed by atoms with van der Waals surface area (Å²) in [5, 5.41) is 4.64. The quantitative estimate of drug-likeness (QED) is 0.197. The van der Waals surface area contributed by atoms with Gasteiger partial charge in [0.25, 0.3) is 0 Å². The second kappa shape index (κ2) is 10.5. The van der Waals surface area contributed by atoms with Crippen molar-refractivity contribution >= 4 is 70.5 Å². The van der Waals surface area contributed by atoms with Gasteiger partial charge in [0.15, 0.2) is 0 Å². The number of fused-ring (bicyclic) bond motifs is 7. The highest BCUT2D eigenvalue weighted by Gasteiger charge is 2.25. The number of para-hydroxylation sites is 2. The lowest BCUT2D eigenvalue weighted by Gasteiger charge is -2.29. The maximum absolute atomic E-state index is 6.62. The molecular weight excluding hydrogens is 567 g/mol.